The van der Waals surface area contributed by atoms with Gasteiger partial charge in [0.25, 0.3) is 0 Å². The Morgan fingerprint density at radius 3 is 2.56 bits per heavy atom. The van der Waals surface area contributed by atoms with E-state index in [1.165, 1.54) is 23.9 Å². The van der Waals surface area contributed by atoms with Crippen LogP contribution in [0.15, 0.2) is 24.3 Å². The first-order chi connectivity index (χ1) is 8.58. The molecular formula is C13H19FN2OS. The lowest BCUT2D eigenvalue weighted by Crippen LogP contribution is -2.33. The Labute approximate surface area is 112 Å². The lowest BCUT2D eigenvalue weighted by atomic mass is 10.3. The van der Waals surface area contributed by atoms with Crippen LogP contribution >= 0.6 is 11.8 Å². The summed E-state index contributed by atoms with van der Waals surface area (Å²) in [7, 11) is 0. The van der Waals surface area contributed by atoms with Crippen molar-refractivity contribution in [2.45, 2.75) is 19.1 Å². The molecule has 3 nitrogen and oxygen atoms in total. The normalized spacial score (nSPS) is 12.2. The molecule has 1 aromatic carbocycles. The van der Waals surface area contributed by atoms with E-state index in [1.54, 1.807) is 17.0 Å². The van der Waals surface area contributed by atoms with Gasteiger partial charge in [-0.2, -0.15) is 0 Å². The van der Waals surface area contributed by atoms with Gasteiger partial charge in [0.1, 0.15) is 5.82 Å². The topological polar surface area (TPSA) is 46.3 Å². The maximum atomic E-state index is 12.8. The molecule has 0 radical (unpaired) electrons. The lowest BCUT2D eigenvalue weighted by molar-refractivity contribution is -0.116. The fraction of sp³-hybridized carbons (Fsp3) is 0.462. The molecule has 0 bridgehead atoms. The number of nitrogens with zero attached hydrogens (tertiary/aromatic N) is 1. The number of halogens is 1. The van der Waals surface area contributed by atoms with Gasteiger partial charge in [0, 0.05) is 24.0 Å². The molecule has 0 aliphatic rings. The minimum Gasteiger partial charge on any atom is -0.329 e. The molecule has 0 spiro atoms. The fourth-order valence-electron chi connectivity index (χ4n) is 1.48. The van der Waals surface area contributed by atoms with Crippen molar-refractivity contribution in [1.82, 2.24) is 0 Å². The number of carbonyl (C=O) groups is 1. The first-order valence-corrected chi connectivity index (χ1v) is 7.01. The van der Waals surface area contributed by atoms with Gasteiger partial charge in [0.15, 0.2) is 0 Å². The summed E-state index contributed by atoms with van der Waals surface area (Å²) in [6.07, 6.45) is 0. The van der Waals surface area contributed by atoms with Crippen LogP contribution in [-0.4, -0.2) is 30.0 Å². The Balaban J connectivity index is 2.65. The average Bonchev–Trinajstić information content (AvgIpc) is 2.39. The lowest BCUT2D eigenvalue weighted by Gasteiger charge is -2.21. The Morgan fingerprint density at radius 2 is 2.06 bits per heavy atom. The van der Waals surface area contributed by atoms with E-state index in [9.17, 15) is 9.18 Å². The maximum absolute atomic E-state index is 12.8. The summed E-state index contributed by atoms with van der Waals surface area (Å²) in [5.41, 5.74) is 6.23. The first kappa shape index (κ1) is 15.0. The molecule has 0 aromatic heterocycles. The quantitative estimate of drug-likeness (QED) is 0.862. The molecular weight excluding hydrogens is 251 g/mol. The van der Waals surface area contributed by atoms with Gasteiger partial charge in [0.2, 0.25) is 5.91 Å². The summed E-state index contributed by atoms with van der Waals surface area (Å²) in [4.78, 5) is 13.7. The number of hydrogen-bond acceptors (Lipinski definition) is 3. The van der Waals surface area contributed by atoms with Crippen molar-refractivity contribution < 1.29 is 9.18 Å². The Hall–Kier alpha value is -1.07. The predicted octanol–water partition coefficient (Wildman–Crippen LogP) is 2.26. The maximum Gasteiger partial charge on any atom is 0.236 e. The van der Waals surface area contributed by atoms with Crippen LogP contribution in [0.25, 0.3) is 0 Å². The second kappa shape index (κ2) is 7.38. The Bertz CT molecular complexity index is 383. The summed E-state index contributed by atoms with van der Waals surface area (Å²) >= 11 is 1.54. The van der Waals surface area contributed by atoms with Crippen molar-refractivity contribution in [3.63, 3.8) is 0 Å². The van der Waals surface area contributed by atoms with Crippen molar-refractivity contribution in [3.05, 3.63) is 30.1 Å². The van der Waals surface area contributed by atoms with Gasteiger partial charge in [-0.3, -0.25) is 4.79 Å². The molecule has 0 saturated carbocycles. The van der Waals surface area contributed by atoms with E-state index in [4.69, 9.17) is 5.73 Å². The molecule has 1 amide bonds. The van der Waals surface area contributed by atoms with E-state index in [1.807, 2.05) is 13.8 Å². The third-order valence-corrected chi connectivity index (χ3v) is 3.75. The molecule has 2 N–H and O–H groups in total. The van der Waals surface area contributed by atoms with Gasteiger partial charge in [0.05, 0.1) is 5.75 Å². The van der Waals surface area contributed by atoms with Crippen LogP contribution < -0.4 is 10.6 Å². The third-order valence-electron chi connectivity index (χ3n) is 2.58. The molecule has 0 fully saturated rings. The van der Waals surface area contributed by atoms with Gasteiger partial charge in [-0.25, -0.2) is 4.39 Å². The zero-order valence-electron chi connectivity index (χ0n) is 10.7. The number of hydrogen-bond donors (Lipinski definition) is 1. The van der Waals surface area contributed by atoms with Crippen molar-refractivity contribution in [3.8, 4) is 0 Å². The van der Waals surface area contributed by atoms with E-state index >= 15 is 0 Å². The van der Waals surface area contributed by atoms with Crippen LogP contribution in [0.4, 0.5) is 10.1 Å². The standard InChI is InChI=1S/C13H19FN2OS/c1-3-16(12-6-4-11(14)5-7-12)13(17)9-18-10(2)8-15/h4-7,10H,3,8-9,15H2,1-2H3. The van der Waals surface area contributed by atoms with Gasteiger partial charge in [-0.05, 0) is 31.2 Å². The average molecular weight is 270 g/mol. The Morgan fingerprint density at radius 1 is 1.44 bits per heavy atom. The minimum absolute atomic E-state index is 0.0226. The highest BCUT2D eigenvalue weighted by Gasteiger charge is 2.14. The first-order valence-electron chi connectivity index (χ1n) is 5.96. The largest absolute Gasteiger partial charge is 0.329 e. The van der Waals surface area contributed by atoms with Crippen molar-refractivity contribution >= 4 is 23.4 Å². The van der Waals surface area contributed by atoms with Crippen molar-refractivity contribution in [2.75, 3.05) is 23.7 Å². The molecule has 1 atom stereocenters. The second-order valence-corrected chi connectivity index (χ2v) is 5.40. The zero-order valence-corrected chi connectivity index (χ0v) is 11.5. The van der Waals surface area contributed by atoms with Crippen LogP contribution in [0.5, 0.6) is 0 Å². The number of rotatable bonds is 6. The molecule has 0 saturated heterocycles. The molecule has 18 heavy (non-hydrogen) atoms. The SMILES string of the molecule is CCN(C(=O)CSC(C)CN)c1ccc(F)cc1. The van der Waals surface area contributed by atoms with E-state index in [0.717, 1.165) is 5.69 Å². The predicted molar refractivity (Wildman–Crippen MR) is 75.4 cm³/mol. The van der Waals surface area contributed by atoms with Gasteiger partial charge < -0.3 is 10.6 Å². The number of nitrogens with two attached hydrogens (primary N) is 1. The number of anilines is 1. The second-order valence-electron chi connectivity index (χ2n) is 3.97. The van der Waals surface area contributed by atoms with Gasteiger partial charge in [-0.1, -0.05) is 6.92 Å². The van der Waals surface area contributed by atoms with Gasteiger partial charge >= 0.3 is 0 Å². The highest BCUT2D eigenvalue weighted by atomic mass is 32.2. The highest BCUT2D eigenvalue weighted by Crippen LogP contribution is 2.17. The highest BCUT2D eigenvalue weighted by molar-refractivity contribution is 8.00. The molecule has 1 aromatic rings. The smallest absolute Gasteiger partial charge is 0.236 e. The van der Waals surface area contributed by atoms with Crippen LogP contribution in [0.3, 0.4) is 0 Å². The van der Waals surface area contributed by atoms with Crippen LogP contribution in [0, 0.1) is 5.82 Å². The molecule has 0 aliphatic carbocycles. The molecule has 5 heteroatoms. The Kier molecular flexibility index (Phi) is 6.15. The summed E-state index contributed by atoms with van der Waals surface area (Å²) in [6, 6.07) is 5.96. The van der Waals surface area contributed by atoms with Crippen LogP contribution in [-0.2, 0) is 4.79 Å². The van der Waals surface area contributed by atoms with Crippen molar-refractivity contribution in [2.24, 2.45) is 5.73 Å². The fourth-order valence-corrected chi connectivity index (χ4v) is 2.20. The monoisotopic (exact) mass is 270 g/mol. The number of carbonyl (C=O) groups excluding carboxylic acids is 1. The van der Waals surface area contributed by atoms with E-state index in [2.05, 4.69) is 0 Å². The number of benzene rings is 1. The summed E-state index contributed by atoms with van der Waals surface area (Å²) in [5.74, 6) is 0.117. The minimum atomic E-state index is -0.298. The molecule has 1 rings (SSSR count). The molecule has 100 valence electrons. The summed E-state index contributed by atoms with van der Waals surface area (Å²) in [5, 5.41) is 0.265. The van der Waals surface area contributed by atoms with Gasteiger partial charge in [-0.15, -0.1) is 11.8 Å². The molecule has 0 heterocycles. The molecule has 1 unspecified atom stereocenters. The third kappa shape index (κ3) is 4.31. The van der Waals surface area contributed by atoms with Crippen molar-refractivity contribution in [1.29, 1.82) is 0 Å². The van der Waals surface area contributed by atoms with E-state index in [0.29, 0.717) is 18.8 Å². The van der Waals surface area contributed by atoms with Crippen LogP contribution in [0.2, 0.25) is 0 Å². The summed E-state index contributed by atoms with van der Waals surface area (Å²) < 4.78 is 12.8. The number of thioether (sulfide) groups is 1. The van der Waals surface area contributed by atoms with E-state index < -0.39 is 0 Å². The van der Waals surface area contributed by atoms with Crippen LogP contribution in [0.1, 0.15) is 13.8 Å². The zero-order chi connectivity index (χ0) is 13.5. The van der Waals surface area contributed by atoms with E-state index in [-0.39, 0.29) is 17.0 Å². The number of amides is 1. The summed E-state index contributed by atoms with van der Waals surface area (Å²) in [6.45, 7) is 5.02. The molecule has 0 aliphatic heterocycles.